The van der Waals surface area contributed by atoms with Gasteiger partial charge in [0.25, 0.3) is 0 Å². The SMILES string of the molecule is CN1CCN(c2cc(C3=C(c4ccc5cnn(C)c5c4)CCS3)ccn2)CC1. The average molecular weight is 392 g/mol. The van der Waals surface area contributed by atoms with E-state index in [0.717, 1.165) is 44.2 Å². The fraction of sp³-hybridized carbons (Fsp3) is 0.364. The second-order valence-electron chi connectivity index (χ2n) is 7.64. The van der Waals surface area contributed by atoms with E-state index in [9.17, 15) is 0 Å². The molecular formula is C22H25N5S. The third-order valence-electron chi connectivity index (χ3n) is 5.81. The highest BCUT2D eigenvalue weighted by molar-refractivity contribution is 8.08. The Kier molecular flexibility index (Phi) is 4.61. The van der Waals surface area contributed by atoms with Crippen molar-refractivity contribution in [3.05, 3.63) is 53.9 Å². The molecule has 3 aromatic rings. The van der Waals surface area contributed by atoms with Crippen molar-refractivity contribution in [3.63, 3.8) is 0 Å². The van der Waals surface area contributed by atoms with E-state index in [2.05, 4.69) is 57.3 Å². The fourth-order valence-corrected chi connectivity index (χ4v) is 5.29. The summed E-state index contributed by atoms with van der Waals surface area (Å²) in [6.45, 7) is 4.28. The quantitative estimate of drug-likeness (QED) is 0.680. The Morgan fingerprint density at radius 2 is 1.82 bits per heavy atom. The van der Waals surface area contributed by atoms with Crippen molar-refractivity contribution < 1.29 is 0 Å². The first-order valence-electron chi connectivity index (χ1n) is 9.87. The van der Waals surface area contributed by atoms with Crippen molar-refractivity contribution in [2.45, 2.75) is 6.42 Å². The van der Waals surface area contributed by atoms with Crippen molar-refractivity contribution in [3.8, 4) is 0 Å². The monoisotopic (exact) mass is 391 g/mol. The number of aromatic nitrogens is 3. The first-order chi connectivity index (χ1) is 13.7. The summed E-state index contributed by atoms with van der Waals surface area (Å²) in [6.07, 6.45) is 5.01. The van der Waals surface area contributed by atoms with E-state index >= 15 is 0 Å². The zero-order valence-electron chi connectivity index (χ0n) is 16.4. The molecule has 5 rings (SSSR count). The summed E-state index contributed by atoms with van der Waals surface area (Å²) in [7, 11) is 4.20. The van der Waals surface area contributed by atoms with Crippen LogP contribution < -0.4 is 4.90 Å². The Balaban J connectivity index is 1.51. The van der Waals surface area contributed by atoms with Crippen molar-refractivity contribution in [2.24, 2.45) is 7.05 Å². The topological polar surface area (TPSA) is 37.2 Å². The summed E-state index contributed by atoms with van der Waals surface area (Å²) in [5, 5.41) is 5.58. The zero-order valence-corrected chi connectivity index (χ0v) is 17.2. The normalized spacial score (nSPS) is 18.4. The van der Waals surface area contributed by atoms with Crippen LogP contribution in [0.3, 0.4) is 0 Å². The molecule has 0 radical (unpaired) electrons. The van der Waals surface area contributed by atoms with Crippen LogP contribution in [0.15, 0.2) is 42.7 Å². The number of likely N-dealkylation sites (N-methyl/N-ethyl adjacent to an activating group) is 1. The Morgan fingerprint density at radius 3 is 2.68 bits per heavy atom. The summed E-state index contributed by atoms with van der Waals surface area (Å²) in [5.41, 5.74) is 5.25. The van der Waals surface area contributed by atoms with E-state index in [0.29, 0.717) is 0 Å². The number of hydrogen-bond acceptors (Lipinski definition) is 5. The van der Waals surface area contributed by atoms with Crippen molar-refractivity contribution >= 4 is 39.0 Å². The van der Waals surface area contributed by atoms with Crippen LogP contribution in [0.2, 0.25) is 0 Å². The number of hydrogen-bond donors (Lipinski definition) is 0. The molecule has 0 aliphatic carbocycles. The Bertz CT molecular complexity index is 1050. The zero-order chi connectivity index (χ0) is 19.1. The standard InChI is InChI=1S/C22H25N5S/c1-25-8-10-27(11-9-25)21-14-17(5-7-23-21)22-19(6-12-28-22)16-3-4-18-15-24-26(2)20(18)13-16/h3-5,7,13-15H,6,8-12H2,1-2H3. The number of fused-ring (bicyclic) bond motifs is 1. The Hall–Kier alpha value is -2.31. The van der Waals surface area contributed by atoms with Gasteiger partial charge in [0.1, 0.15) is 5.82 Å². The maximum atomic E-state index is 4.67. The van der Waals surface area contributed by atoms with E-state index in [1.165, 1.54) is 32.5 Å². The minimum Gasteiger partial charge on any atom is -0.354 e. The predicted octanol–water partition coefficient (Wildman–Crippen LogP) is 3.73. The van der Waals surface area contributed by atoms with Gasteiger partial charge in [-0.3, -0.25) is 4.68 Å². The van der Waals surface area contributed by atoms with Gasteiger partial charge < -0.3 is 9.80 Å². The number of anilines is 1. The van der Waals surface area contributed by atoms with Crippen LogP contribution >= 0.6 is 11.8 Å². The number of benzene rings is 1. The van der Waals surface area contributed by atoms with Gasteiger partial charge >= 0.3 is 0 Å². The lowest BCUT2D eigenvalue weighted by Crippen LogP contribution is -2.44. The van der Waals surface area contributed by atoms with Gasteiger partial charge in [0.05, 0.1) is 11.7 Å². The minimum absolute atomic E-state index is 1.04. The molecule has 2 aromatic heterocycles. The van der Waals surface area contributed by atoms with E-state index in [4.69, 9.17) is 0 Å². The van der Waals surface area contributed by atoms with Crippen LogP contribution in [0.25, 0.3) is 21.4 Å². The predicted molar refractivity (Wildman–Crippen MR) is 119 cm³/mol. The van der Waals surface area contributed by atoms with Crippen LogP contribution in [-0.2, 0) is 7.05 Å². The summed E-state index contributed by atoms with van der Waals surface area (Å²) < 4.78 is 1.96. The number of nitrogens with zero attached hydrogens (tertiary/aromatic N) is 5. The van der Waals surface area contributed by atoms with E-state index in [1.807, 2.05) is 35.9 Å². The number of rotatable bonds is 3. The molecular weight excluding hydrogens is 366 g/mol. The van der Waals surface area contributed by atoms with Crippen LogP contribution in [0.4, 0.5) is 5.82 Å². The molecule has 2 aliphatic heterocycles. The Labute approximate surface area is 170 Å². The smallest absolute Gasteiger partial charge is 0.129 e. The highest BCUT2D eigenvalue weighted by Gasteiger charge is 2.21. The maximum absolute atomic E-state index is 4.67. The van der Waals surface area contributed by atoms with Gasteiger partial charge in [-0.05, 0) is 48.4 Å². The van der Waals surface area contributed by atoms with Gasteiger partial charge in [-0.25, -0.2) is 4.98 Å². The molecule has 1 aromatic carbocycles. The number of allylic oxidation sites excluding steroid dienone is 1. The molecule has 144 valence electrons. The highest BCUT2D eigenvalue weighted by Crippen LogP contribution is 2.44. The second kappa shape index (κ2) is 7.26. The van der Waals surface area contributed by atoms with Gasteiger partial charge in [0, 0.05) is 55.5 Å². The van der Waals surface area contributed by atoms with Crippen LogP contribution in [0.5, 0.6) is 0 Å². The van der Waals surface area contributed by atoms with Crippen molar-refractivity contribution in [1.82, 2.24) is 19.7 Å². The number of aryl methyl sites for hydroxylation is 1. The molecule has 0 spiro atoms. The minimum atomic E-state index is 1.04. The molecule has 5 nitrogen and oxygen atoms in total. The first-order valence-corrected chi connectivity index (χ1v) is 10.9. The highest BCUT2D eigenvalue weighted by atomic mass is 32.2. The molecule has 6 heteroatoms. The number of pyridine rings is 1. The summed E-state index contributed by atoms with van der Waals surface area (Å²) in [6, 6.07) is 11.2. The van der Waals surface area contributed by atoms with Crippen LogP contribution in [-0.4, -0.2) is 58.6 Å². The molecule has 28 heavy (non-hydrogen) atoms. The summed E-state index contributed by atoms with van der Waals surface area (Å²) >= 11 is 1.97. The van der Waals surface area contributed by atoms with Gasteiger partial charge in [0.2, 0.25) is 0 Å². The summed E-state index contributed by atoms with van der Waals surface area (Å²) in [5.74, 6) is 2.24. The van der Waals surface area contributed by atoms with Gasteiger partial charge in [0.15, 0.2) is 0 Å². The molecule has 0 saturated carbocycles. The lowest BCUT2D eigenvalue weighted by atomic mass is 9.99. The van der Waals surface area contributed by atoms with Crippen LogP contribution in [0, 0.1) is 0 Å². The number of piperazine rings is 1. The largest absolute Gasteiger partial charge is 0.354 e. The molecule has 0 unspecified atom stereocenters. The molecule has 0 N–H and O–H groups in total. The second-order valence-corrected chi connectivity index (χ2v) is 8.75. The number of thioether (sulfide) groups is 1. The lowest BCUT2D eigenvalue weighted by molar-refractivity contribution is 0.312. The molecule has 0 atom stereocenters. The van der Waals surface area contributed by atoms with Gasteiger partial charge in [-0.1, -0.05) is 12.1 Å². The third-order valence-corrected chi connectivity index (χ3v) is 6.98. The molecule has 0 amide bonds. The molecule has 2 aliphatic rings. The lowest BCUT2D eigenvalue weighted by Gasteiger charge is -2.33. The maximum Gasteiger partial charge on any atom is 0.129 e. The molecule has 1 saturated heterocycles. The third kappa shape index (κ3) is 3.20. The fourth-order valence-electron chi connectivity index (χ4n) is 4.09. The van der Waals surface area contributed by atoms with Crippen LogP contribution in [0.1, 0.15) is 17.5 Å². The average Bonchev–Trinajstić information content (AvgIpc) is 3.36. The van der Waals surface area contributed by atoms with Crippen molar-refractivity contribution in [2.75, 3.05) is 43.9 Å². The van der Waals surface area contributed by atoms with E-state index in [1.54, 1.807) is 0 Å². The van der Waals surface area contributed by atoms with Crippen molar-refractivity contribution in [1.29, 1.82) is 0 Å². The van der Waals surface area contributed by atoms with E-state index < -0.39 is 0 Å². The Morgan fingerprint density at radius 1 is 0.964 bits per heavy atom. The van der Waals surface area contributed by atoms with E-state index in [-0.39, 0.29) is 0 Å². The molecule has 4 heterocycles. The molecule has 0 bridgehead atoms. The first kappa shape index (κ1) is 17.8. The summed E-state index contributed by atoms with van der Waals surface area (Å²) in [4.78, 5) is 10.9. The van der Waals surface area contributed by atoms with Gasteiger partial charge in [-0.2, -0.15) is 5.10 Å². The molecule has 1 fully saturated rings. The van der Waals surface area contributed by atoms with Gasteiger partial charge in [-0.15, -0.1) is 11.8 Å².